The van der Waals surface area contributed by atoms with Crippen molar-refractivity contribution in [1.29, 1.82) is 0 Å². The molecule has 2 heterocycles. The maximum atomic E-state index is 12.9. The Kier molecular flexibility index (Phi) is 5.45. The summed E-state index contributed by atoms with van der Waals surface area (Å²) in [5, 5.41) is 18.3. The van der Waals surface area contributed by atoms with Crippen LogP contribution in [0.25, 0.3) is 17.4 Å². The third kappa shape index (κ3) is 4.14. The summed E-state index contributed by atoms with van der Waals surface area (Å²) in [6.45, 7) is 0. The number of aromatic carboxylic acids is 2. The van der Waals surface area contributed by atoms with Crippen molar-refractivity contribution in [3.8, 4) is 11.3 Å². The van der Waals surface area contributed by atoms with E-state index in [0.717, 1.165) is 11.8 Å². The van der Waals surface area contributed by atoms with Gasteiger partial charge in [-0.25, -0.2) is 9.59 Å². The molecule has 2 aromatic carbocycles. The highest BCUT2D eigenvalue weighted by atomic mass is 32.2. The Hall–Kier alpha value is -3.69. The van der Waals surface area contributed by atoms with Gasteiger partial charge in [0.25, 0.3) is 5.91 Å². The minimum Gasteiger partial charge on any atom is -0.478 e. The monoisotopic (exact) mass is 451 g/mol. The summed E-state index contributed by atoms with van der Waals surface area (Å²) in [4.78, 5) is 36.9. The van der Waals surface area contributed by atoms with Crippen LogP contribution in [0.4, 0.5) is 5.69 Å². The van der Waals surface area contributed by atoms with Crippen LogP contribution >= 0.6 is 24.0 Å². The molecule has 7 nitrogen and oxygen atoms in total. The average Bonchev–Trinajstić information content (AvgIpc) is 3.32. The van der Waals surface area contributed by atoms with E-state index in [1.54, 1.807) is 42.5 Å². The first-order chi connectivity index (χ1) is 14.8. The molecule has 0 spiro atoms. The summed E-state index contributed by atoms with van der Waals surface area (Å²) in [5.74, 6) is -1.67. The molecule has 154 valence electrons. The predicted octanol–water partition coefficient (Wildman–Crippen LogP) is 4.75. The Labute approximate surface area is 185 Å². The van der Waals surface area contributed by atoms with Gasteiger partial charge in [0.15, 0.2) is 4.32 Å². The number of carbonyl (C=O) groups excluding carboxylic acids is 1. The lowest BCUT2D eigenvalue weighted by molar-refractivity contribution is -0.113. The number of anilines is 1. The second kappa shape index (κ2) is 8.21. The number of nitrogens with zero attached hydrogens (tertiary/aromatic N) is 1. The molecular weight excluding hydrogens is 438 g/mol. The molecule has 0 aliphatic carbocycles. The van der Waals surface area contributed by atoms with Crippen molar-refractivity contribution in [3.05, 3.63) is 82.5 Å². The zero-order chi connectivity index (χ0) is 22.1. The molecule has 0 bridgehead atoms. The number of amides is 1. The SMILES string of the molecule is O=C(O)c1cccc(-c2ccc(/C=C3/SC(=S)N(c4cccc(C(=O)O)c4)C3=O)o2)c1. The van der Waals surface area contributed by atoms with Crippen molar-refractivity contribution in [2.24, 2.45) is 0 Å². The highest BCUT2D eigenvalue weighted by Crippen LogP contribution is 2.37. The minimum atomic E-state index is -1.10. The zero-order valence-corrected chi connectivity index (χ0v) is 17.3. The van der Waals surface area contributed by atoms with E-state index in [-0.39, 0.29) is 21.4 Å². The number of carbonyl (C=O) groups is 3. The number of carboxylic acids is 2. The van der Waals surface area contributed by atoms with Crippen LogP contribution in [0.1, 0.15) is 26.5 Å². The lowest BCUT2D eigenvalue weighted by atomic mass is 10.1. The third-order valence-corrected chi connectivity index (χ3v) is 5.74. The molecule has 1 aliphatic rings. The van der Waals surface area contributed by atoms with Crippen molar-refractivity contribution in [2.75, 3.05) is 4.90 Å². The van der Waals surface area contributed by atoms with Crippen LogP contribution in [0.15, 0.2) is 70.0 Å². The van der Waals surface area contributed by atoms with Gasteiger partial charge >= 0.3 is 11.9 Å². The molecule has 2 N–H and O–H groups in total. The Morgan fingerprint density at radius 3 is 2.35 bits per heavy atom. The highest BCUT2D eigenvalue weighted by molar-refractivity contribution is 8.27. The summed E-state index contributed by atoms with van der Waals surface area (Å²) < 4.78 is 6.04. The maximum Gasteiger partial charge on any atom is 0.335 e. The van der Waals surface area contributed by atoms with E-state index in [1.807, 2.05) is 0 Å². The van der Waals surface area contributed by atoms with Gasteiger partial charge in [-0.05, 0) is 42.5 Å². The zero-order valence-electron chi connectivity index (χ0n) is 15.6. The predicted molar refractivity (Wildman–Crippen MR) is 120 cm³/mol. The second-order valence-corrected chi connectivity index (χ2v) is 8.14. The lowest BCUT2D eigenvalue weighted by Gasteiger charge is -2.14. The molecule has 1 aromatic heterocycles. The van der Waals surface area contributed by atoms with Gasteiger partial charge in [0.1, 0.15) is 11.5 Å². The Bertz CT molecular complexity index is 1280. The van der Waals surface area contributed by atoms with Gasteiger partial charge in [0.05, 0.1) is 21.7 Å². The first-order valence-corrected chi connectivity index (χ1v) is 10.1. The standard InChI is InChI=1S/C22H13NO6S2/c24-19-18(31-22(30)23(19)15-6-2-5-14(10-15)21(27)28)11-16-7-8-17(29-16)12-3-1-4-13(9-12)20(25)26/h1-11H,(H,25,26)(H,27,28)/b18-11+. The van der Waals surface area contributed by atoms with E-state index < -0.39 is 11.9 Å². The van der Waals surface area contributed by atoms with Crippen LogP contribution in [-0.4, -0.2) is 32.4 Å². The summed E-state index contributed by atoms with van der Waals surface area (Å²) in [7, 11) is 0. The fourth-order valence-electron chi connectivity index (χ4n) is 2.99. The number of carboxylic acid groups (broad SMARTS) is 2. The highest BCUT2D eigenvalue weighted by Gasteiger charge is 2.33. The molecule has 0 saturated carbocycles. The van der Waals surface area contributed by atoms with Crippen LogP contribution in [0.3, 0.4) is 0 Å². The number of furan rings is 1. The van der Waals surface area contributed by atoms with Crippen molar-refractivity contribution < 1.29 is 29.0 Å². The van der Waals surface area contributed by atoms with E-state index in [0.29, 0.717) is 27.7 Å². The first kappa shape index (κ1) is 20.6. The fraction of sp³-hybridized carbons (Fsp3) is 0. The summed E-state index contributed by atoms with van der Waals surface area (Å²) >= 11 is 6.40. The number of thioether (sulfide) groups is 1. The Balaban J connectivity index is 1.61. The molecular formula is C22H13NO6S2. The van der Waals surface area contributed by atoms with Gasteiger partial charge in [-0.15, -0.1) is 0 Å². The number of hydrogen-bond acceptors (Lipinski definition) is 6. The van der Waals surface area contributed by atoms with Gasteiger partial charge in [-0.1, -0.05) is 42.2 Å². The van der Waals surface area contributed by atoms with E-state index >= 15 is 0 Å². The summed E-state index contributed by atoms with van der Waals surface area (Å²) in [5.41, 5.74) is 1.16. The largest absolute Gasteiger partial charge is 0.478 e. The molecule has 0 atom stereocenters. The average molecular weight is 451 g/mol. The summed E-state index contributed by atoms with van der Waals surface area (Å²) in [6, 6.07) is 15.7. The lowest BCUT2D eigenvalue weighted by Crippen LogP contribution is -2.27. The van der Waals surface area contributed by atoms with Gasteiger partial charge < -0.3 is 14.6 Å². The first-order valence-electron chi connectivity index (χ1n) is 8.88. The van der Waals surface area contributed by atoms with Crippen LogP contribution < -0.4 is 4.90 Å². The Morgan fingerprint density at radius 2 is 1.65 bits per heavy atom. The van der Waals surface area contributed by atoms with Crippen LogP contribution in [0.2, 0.25) is 0 Å². The van der Waals surface area contributed by atoms with Gasteiger partial charge in [0.2, 0.25) is 0 Å². The number of benzene rings is 2. The molecule has 9 heteroatoms. The second-order valence-electron chi connectivity index (χ2n) is 6.46. The molecule has 31 heavy (non-hydrogen) atoms. The molecule has 1 aliphatic heterocycles. The van der Waals surface area contributed by atoms with Crippen molar-refractivity contribution >= 4 is 57.9 Å². The Morgan fingerprint density at radius 1 is 0.968 bits per heavy atom. The molecule has 0 radical (unpaired) electrons. The normalized spacial score (nSPS) is 15.0. The number of thiocarbonyl (C=S) groups is 1. The topological polar surface area (TPSA) is 108 Å². The van der Waals surface area contributed by atoms with Crippen molar-refractivity contribution in [3.63, 3.8) is 0 Å². The van der Waals surface area contributed by atoms with E-state index in [2.05, 4.69) is 0 Å². The molecule has 1 fully saturated rings. The number of rotatable bonds is 5. The van der Waals surface area contributed by atoms with Crippen molar-refractivity contribution in [1.82, 2.24) is 0 Å². The summed E-state index contributed by atoms with van der Waals surface area (Å²) in [6.07, 6.45) is 1.55. The maximum absolute atomic E-state index is 12.9. The van der Waals surface area contributed by atoms with Crippen LogP contribution in [-0.2, 0) is 4.79 Å². The van der Waals surface area contributed by atoms with Crippen molar-refractivity contribution in [2.45, 2.75) is 0 Å². The third-order valence-electron chi connectivity index (χ3n) is 4.44. The quantitative estimate of drug-likeness (QED) is 0.423. The van der Waals surface area contributed by atoms with Crippen LogP contribution in [0.5, 0.6) is 0 Å². The van der Waals surface area contributed by atoms with Crippen LogP contribution in [0, 0.1) is 0 Å². The molecule has 1 saturated heterocycles. The molecule has 4 rings (SSSR count). The van der Waals surface area contributed by atoms with E-state index in [1.165, 1.54) is 29.2 Å². The smallest absolute Gasteiger partial charge is 0.335 e. The number of hydrogen-bond donors (Lipinski definition) is 2. The fourth-order valence-corrected chi connectivity index (χ4v) is 4.27. The molecule has 1 amide bonds. The minimum absolute atomic E-state index is 0.0507. The van der Waals surface area contributed by atoms with Gasteiger partial charge in [0, 0.05) is 11.6 Å². The molecule has 3 aromatic rings. The molecule has 0 unspecified atom stereocenters. The van der Waals surface area contributed by atoms with E-state index in [9.17, 15) is 19.5 Å². The van der Waals surface area contributed by atoms with Gasteiger partial charge in [-0.3, -0.25) is 9.69 Å². The van der Waals surface area contributed by atoms with Gasteiger partial charge in [-0.2, -0.15) is 0 Å². The van der Waals surface area contributed by atoms with E-state index in [4.69, 9.17) is 21.7 Å².